The largest absolute Gasteiger partial charge is 0.480 e. The number of aryl methyl sites for hydroxylation is 1. The van der Waals surface area contributed by atoms with Crippen molar-refractivity contribution in [2.24, 2.45) is 0 Å². The highest BCUT2D eigenvalue weighted by Gasteiger charge is 2.39. The lowest BCUT2D eigenvalue weighted by molar-refractivity contribution is -0.141. The normalized spacial score (nSPS) is 22.5. The molecule has 5 nitrogen and oxygen atoms in total. The fourth-order valence-electron chi connectivity index (χ4n) is 2.46. The molecule has 1 heterocycles. The van der Waals surface area contributed by atoms with Gasteiger partial charge in [0.1, 0.15) is 6.04 Å². The number of rotatable bonds is 3. The summed E-state index contributed by atoms with van der Waals surface area (Å²) in [6.07, 6.45) is 0.0321. The molecular weight excluding hydrogens is 246 g/mol. The molecule has 0 aliphatic carbocycles. The van der Waals surface area contributed by atoms with Crippen LogP contribution in [-0.4, -0.2) is 45.7 Å². The molecule has 1 aromatic carbocycles. The number of hydrogen-bond donors (Lipinski definition) is 2. The zero-order valence-electron chi connectivity index (χ0n) is 10.7. The minimum Gasteiger partial charge on any atom is -0.480 e. The van der Waals surface area contributed by atoms with Crippen LogP contribution in [0, 0.1) is 0 Å². The second kappa shape index (κ2) is 5.40. The number of amides is 1. The highest BCUT2D eigenvalue weighted by molar-refractivity contribution is 5.98. The van der Waals surface area contributed by atoms with Crippen LogP contribution in [0.5, 0.6) is 0 Å². The third kappa shape index (κ3) is 2.61. The second-order valence-electron chi connectivity index (χ2n) is 4.71. The number of carbonyl (C=O) groups excluding carboxylic acids is 1. The van der Waals surface area contributed by atoms with Crippen LogP contribution in [0.3, 0.4) is 0 Å². The van der Waals surface area contributed by atoms with Gasteiger partial charge in [-0.25, -0.2) is 4.79 Å². The number of hydrogen-bond acceptors (Lipinski definition) is 3. The van der Waals surface area contributed by atoms with Gasteiger partial charge in [-0.05, 0) is 18.1 Å². The van der Waals surface area contributed by atoms with Crippen LogP contribution >= 0.6 is 0 Å². The molecule has 2 atom stereocenters. The Labute approximate surface area is 111 Å². The van der Waals surface area contributed by atoms with Crippen LogP contribution in [0.1, 0.15) is 29.3 Å². The Kier molecular flexibility index (Phi) is 3.85. The van der Waals surface area contributed by atoms with Gasteiger partial charge in [0.15, 0.2) is 0 Å². The van der Waals surface area contributed by atoms with Crippen LogP contribution in [-0.2, 0) is 11.2 Å². The Hall–Kier alpha value is -1.88. The first-order valence-electron chi connectivity index (χ1n) is 6.34. The molecule has 1 aliphatic heterocycles. The summed E-state index contributed by atoms with van der Waals surface area (Å²) < 4.78 is 0. The first kappa shape index (κ1) is 13.5. The molecule has 1 saturated heterocycles. The van der Waals surface area contributed by atoms with E-state index < -0.39 is 18.1 Å². The summed E-state index contributed by atoms with van der Waals surface area (Å²) in [5, 5.41) is 18.7. The van der Waals surface area contributed by atoms with Crippen molar-refractivity contribution in [2.75, 3.05) is 6.54 Å². The van der Waals surface area contributed by atoms with Gasteiger partial charge < -0.3 is 15.1 Å². The lowest BCUT2D eigenvalue weighted by atomic mass is 10.0. The smallest absolute Gasteiger partial charge is 0.326 e. The molecule has 102 valence electrons. The number of aliphatic carboxylic acids is 1. The SMILES string of the molecule is CCc1ccccc1C(=O)N1CC(O)C[C@H]1C(=O)O. The number of nitrogens with zero attached hydrogens (tertiary/aromatic N) is 1. The molecule has 0 bridgehead atoms. The predicted octanol–water partition coefficient (Wildman–Crippen LogP) is 0.909. The van der Waals surface area contributed by atoms with Crippen LogP contribution in [0.2, 0.25) is 0 Å². The number of carboxylic acid groups (broad SMARTS) is 1. The van der Waals surface area contributed by atoms with Gasteiger partial charge in [0.25, 0.3) is 5.91 Å². The number of carbonyl (C=O) groups is 2. The van der Waals surface area contributed by atoms with E-state index >= 15 is 0 Å². The maximum absolute atomic E-state index is 12.4. The average Bonchev–Trinajstić information content (AvgIpc) is 2.80. The summed E-state index contributed by atoms with van der Waals surface area (Å²) in [5.74, 6) is -1.39. The lowest BCUT2D eigenvalue weighted by Gasteiger charge is -2.22. The van der Waals surface area contributed by atoms with Crippen molar-refractivity contribution >= 4 is 11.9 Å². The number of likely N-dealkylation sites (tertiary alicyclic amines) is 1. The van der Waals surface area contributed by atoms with Gasteiger partial charge in [0.2, 0.25) is 0 Å². The number of aliphatic hydroxyl groups excluding tert-OH is 1. The maximum Gasteiger partial charge on any atom is 0.326 e. The van der Waals surface area contributed by atoms with Gasteiger partial charge in [0, 0.05) is 18.5 Å². The number of β-amino-alcohol motifs (C(OH)–C–C–N with tert-alkyl or cyclic N) is 1. The molecule has 1 aliphatic rings. The minimum absolute atomic E-state index is 0.0772. The number of benzene rings is 1. The molecule has 1 amide bonds. The topological polar surface area (TPSA) is 77.8 Å². The molecule has 1 fully saturated rings. The molecule has 1 aromatic rings. The summed E-state index contributed by atoms with van der Waals surface area (Å²) in [5.41, 5.74) is 1.41. The molecule has 0 aromatic heterocycles. The second-order valence-corrected chi connectivity index (χ2v) is 4.71. The summed E-state index contributed by atoms with van der Waals surface area (Å²) in [6, 6.07) is 6.23. The number of carboxylic acids is 1. The van der Waals surface area contributed by atoms with Crippen molar-refractivity contribution in [1.29, 1.82) is 0 Å². The van der Waals surface area contributed by atoms with E-state index in [0.717, 1.165) is 5.56 Å². The average molecular weight is 263 g/mol. The van der Waals surface area contributed by atoms with E-state index in [-0.39, 0.29) is 18.9 Å². The highest BCUT2D eigenvalue weighted by Crippen LogP contribution is 2.22. The molecule has 2 N–H and O–H groups in total. The molecule has 19 heavy (non-hydrogen) atoms. The van der Waals surface area contributed by atoms with E-state index in [1.54, 1.807) is 12.1 Å². The summed E-state index contributed by atoms with van der Waals surface area (Å²) in [4.78, 5) is 24.8. The van der Waals surface area contributed by atoms with Gasteiger partial charge in [-0.15, -0.1) is 0 Å². The van der Waals surface area contributed by atoms with E-state index in [0.29, 0.717) is 12.0 Å². The Balaban J connectivity index is 2.30. The minimum atomic E-state index is -1.07. The summed E-state index contributed by atoms with van der Waals surface area (Å²) >= 11 is 0. The molecule has 0 radical (unpaired) electrons. The Morgan fingerprint density at radius 1 is 1.37 bits per heavy atom. The van der Waals surface area contributed by atoms with Gasteiger partial charge >= 0.3 is 5.97 Å². The summed E-state index contributed by atoms with van der Waals surface area (Å²) in [7, 11) is 0. The standard InChI is InChI=1S/C14H17NO4/c1-2-9-5-3-4-6-11(9)13(17)15-8-10(16)7-12(15)14(18)19/h3-6,10,12,16H,2,7-8H2,1H3,(H,18,19)/t10?,12-/m0/s1. The molecule has 0 spiro atoms. The first-order valence-corrected chi connectivity index (χ1v) is 6.34. The van der Waals surface area contributed by atoms with E-state index in [1.165, 1.54) is 4.90 Å². The predicted molar refractivity (Wildman–Crippen MR) is 68.9 cm³/mol. The zero-order valence-corrected chi connectivity index (χ0v) is 10.7. The fraction of sp³-hybridized carbons (Fsp3) is 0.429. The van der Waals surface area contributed by atoms with Crippen molar-refractivity contribution < 1.29 is 19.8 Å². The van der Waals surface area contributed by atoms with Crippen molar-refractivity contribution in [3.8, 4) is 0 Å². The van der Waals surface area contributed by atoms with Gasteiger partial charge in [0.05, 0.1) is 6.10 Å². The van der Waals surface area contributed by atoms with Gasteiger partial charge in [-0.1, -0.05) is 25.1 Å². The van der Waals surface area contributed by atoms with Crippen molar-refractivity contribution in [3.63, 3.8) is 0 Å². The molecule has 5 heteroatoms. The molecule has 2 rings (SSSR count). The van der Waals surface area contributed by atoms with E-state index in [2.05, 4.69) is 0 Å². The molecule has 1 unspecified atom stereocenters. The highest BCUT2D eigenvalue weighted by atomic mass is 16.4. The van der Waals surface area contributed by atoms with Gasteiger partial charge in [-0.2, -0.15) is 0 Å². The van der Waals surface area contributed by atoms with Crippen LogP contribution in [0.15, 0.2) is 24.3 Å². The quantitative estimate of drug-likeness (QED) is 0.849. The Morgan fingerprint density at radius 2 is 2.05 bits per heavy atom. The maximum atomic E-state index is 12.4. The molecular formula is C14H17NO4. The van der Waals surface area contributed by atoms with E-state index in [4.69, 9.17) is 5.11 Å². The molecule has 0 saturated carbocycles. The number of aliphatic hydroxyl groups is 1. The third-order valence-corrected chi connectivity index (χ3v) is 3.45. The zero-order chi connectivity index (χ0) is 14.0. The van der Waals surface area contributed by atoms with Crippen molar-refractivity contribution in [3.05, 3.63) is 35.4 Å². The van der Waals surface area contributed by atoms with Crippen LogP contribution in [0.4, 0.5) is 0 Å². The Morgan fingerprint density at radius 3 is 2.68 bits per heavy atom. The van der Waals surface area contributed by atoms with E-state index in [9.17, 15) is 14.7 Å². The van der Waals surface area contributed by atoms with Crippen LogP contribution in [0.25, 0.3) is 0 Å². The van der Waals surface area contributed by atoms with Crippen molar-refractivity contribution in [1.82, 2.24) is 4.90 Å². The van der Waals surface area contributed by atoms with Crippen LogP contribution < -0.4 is 0 Å². The Bertz CT molecular complexity index is 500. The lowest BCUT2D eigenvalue weighted by Crippen LogP contribution is -2.40. The fourth-order valence-corrected chi connectivity index (χ4v) is 2.46. The van der Waals surface area contributed by atoms with Crippen molar-refractivity contribution in [2.45, 2.75) is 31.9 Å². The third-order valence-electron chi connectivity index (χ3n) is 3.45. The first-order chi connectivity index (χ1) is 9.04. The van der Waals surface area contributed by atoms with E-state index in [1.807, 2.05) is 19.1 Å². The monoisotopic (exact) mass is 263 g/mol. The van der Waals surface area contributed by atoms with Gasteiger partial charge in [-0.3, -0.25) is 4.79 Å². The summed E-state index contributed by atoms with van der Waals surface area (Å²) in [6.45, 7) is 2.02.